The summed E-state index contributed by atoms with van der Waals surface area (Å²) < 4.78 is 5.00. The highest BCUT2D eigenvalue weighted by molar-refractivity contribution is 5.76. The van der Waals surface area contributed by atoms with Gasteiger partial charge in [0.05, 0.1) is 18.6 Å². The lowest BCUT2D eigenvalue weighted by molar-refractivity contribution is -0.158. The SMILES string of the molecule is [CH2]C(C)(C)COC(=O)C(C)(C)CO. The summed E-state index contributed by atoms with van der Waals surface area (Å²) in [5.41, 5.74) is -1.09. The standard InChI is InChI=1S/C10H19O3/c1-9(2,3)7-13-8(12)10(4,5)6-11/h11H,1,6-7H2,2-5H3. The van der Waals surface area contributed by atoms with Crippen molar-refractivity contribution in [2.45, 2.75) is 27.7 Å². The van der Waals surface area contributed by atoms with Crippen LogP contribution in [0.5, 0.6) is 0 Å². The highest BCUT2D eigenvalue weighted by atomic mass is 16.5. The minimum absolute atomic E-state index is 0.205. The molecular weight excluding hydrogens is 168 g/mol. The molecule has 0 aromatic rings. The van der Waals surface area contributed by atoms with Crippen LogP contribution in [0.2, 0.25) is 0 Å². The number of aliphatic hydroxyl groups is 1. The zero-order valence-electron chi connectivity index (χ0n) is 8.89. The number of hydrogen-bond donors (Lipinski definition) is 1. The lowest BCUT2D eigenvalue weighted by Crippen LogP contribution is -2.32. The molecule has 0 aromatic heterocycles. The van der Waals surface area contributed by atoms with Crippen molar-refractivity contribution in [3.05, 3.63) is 6.92 Å². The monoisotopic (exact) mass is 187 g/mol. The summed E-state index contributed by atoms with van der Waals surface area (Å²) >= 11 is 0. The van der Waals surface area contributed by atoms with Crippen molar-refractivity contribution in [3.63, 3.8) is 0 Å². The summed E-state index contributed by atoms with van der Waals surface area (Å²) in [5, 5.41) is 8.88. The maximum atomic E-state index is 11.3. The van der Waals surface area contributed by atoms with Crippen molar-refractivity contribution < 1.29 is 14.6 Å². The number of carbonyl (C=O) groups is 1. The number of rotatable bonds is 4. The van der Waals surface area contributed by atoms with Gasteiger partial charge in [-0.25, -0.2) is 0 Å². The van der Waals surface area contributed by atoms with Crippen molar-refractivity contribution in [1.82, 2.24) is 0 Å². The highest BCUT2D eigenvalue weighted by Crippen LogP contribution is 2.19. The third-order valence-electron chi connectivity index (χ3n) is 1.54. The Bertz CT molecular complexity index is 177. The largest absolute Gasteiger partial charge is 0.465 e. The second-order valence-corrected chi connectivity index (χ2v) is 4.78. The fourth-order valence-electron chi connectivity index (χ4n) is 0.521. The summed E-state index contributed by atoms with van der Waals surface area (Å²) in [6, 6.07) is 0. The van der Waals surface area contributed by atoms with Crippen molar-refractivity contribution in [1.29, 1.82) is 0 Å². The van der Waals surface area contributed by atoms with Crippen LogP contribution in [-0.4, -0.2) is 24.3 Å². The lowest BCUT2D eigenvalue weighted by Gasteiger charge is -2.23. The molecule has 3 heteroatoms. The number of carbonyl (C=O) groups excluding carboxylic acids is 1. The van der Waals surface area contributed by atoms with E-state index in [1.165, 1.54) is 0 Å². The predicted molar refractivity (Wildman–Crippen MR) is 51.0 cm³/mol. The fourth-order valence-corrected chi connectivity index (χ4v) is 0.521. The first-order valence-electron chi connectivity index (χ1n) is 4.32. The van der Waals surface area contributed by atoms with Gasteiger partial charge in [0.1, 0.15) is 0 Å². The molecule has 1 N–H and O–H groups in total. The van der Waals surface area contributed by atoms with Gasteiger partial charge in [0, 0.05) is 0 Å². The third kappa shape index (κ3) is 4.88. The first-order valence-corrected chi connectivity index (χ1v) is 4.32. The Morgan fingerprint density at radius 1 is 1.38 bits per heavy atom. The molecule has 0 bridgehead atoms. The number of hydrogen-bond acceptors (Lipinski definition) is 3. The Morgan fingerprint density at radius 2 is 1.85 bits per heavy atom. The van der Waals surface area contributed by atoms with E-state index in [9.17, 15) is 4.79 Å². The zero-order valence-corrected chi connectivity index (χ0v) is 8.89. The van der Waals surface area contributed by atoms with Gasteiger partial charge in [0.15, 0.2) is 0 Å². The molecule has 0 aromatic carbocycles. The molecule has 0 saturated carbocycles. The molecule has 13 heavy (non-hydrogen) atoms. The minimum Gasteiger partial charge on any atom is -0.465 e. The van der Waals surface area contributed by atoms with E-state index in [1.54, 1.807) is 13.8 Å². The van der Waals surface area contributed by atoms with Crippen LogP contribution in [0.25, 0.3) is 0 Å². The Labute approximate surface area is 80.1 Å². The number of ether oxygens (including phenoxy) is 1. The van der Waals surface area contributed by atoms with E-state index in [-0.39, 0.29) is 24.6 Å². The molecule has 0 heterocycles. The van der Waals surface area contributed by atoms with Crippen LogP contribution >= 0.6 is 0 Å². The molecule has 77 valence electrons. The van der Waals surface area contributed by atoms with Gasteiger partial charge in [-0.15, -0.1) is 0 Å². The van der Waals surface area contributed by atoms with Gasteiger partial charge in [-0.3, -0.25) is 4.79 Å². The maximum absolute atomic E-state index is 11.3. The minimum atomic E-state index is -0.814. The Balaban J connectivity index is 4.03. The molecule has 0 unspecified atom stereocenters. The fraction of sp³-hybridized carbons (Fsp3) is 0.800. The van der Waals surface area contributed by atoms with Gasteiger partial charge >= 0.3 is 5.97 Å². The average molecular weight is 187 g/mol. The summed E-state index contributed by atoms with van der Waals surface area (Å²) in [6.45, 7) is 10.9. The molecular formula is C10H19O3. The van der Waals surface area contributed by atoms with Crippen molar-refractivity contribution in [2.75, 3.05) is 13.2 Å². The Hall–Kier alpha value is -0.570. The van der Waals surface area contributed by atoms with Gasteiger partial charge in [-0.05, 0) is 26.2 Å². The lowest BCUT2D eigenvalue weighted by atomic mass is 9.94. The average Bonchev–Trinajstić information content (AvgIpc) is 1.98. The molecule has 0 rings (SSSR count). The Morgan fingerprint density at radius 3 is 2.15 bits per heavy atom. The van der Waals surface area contributed by atoms with E-state index < -0.39 is 5.41 Å². The third-order valence-corrected chi connectivity index (χ3v) is 1.54. The first-order chi connectivity index (χ1) is 5.69. The molecule has 0 fully saturated rings. The van der Waals surface area contributed by atoms with Gasteiger partial charge < -0.3 is 9.84 Å². The summed E-state index contributed by atoms with van der Waals surface area (Å²) in [7, 11) is 0. The predicted octanol–water partition coefficient (Wildman–Crippen LogP) is 1.41. The van der Waals surface area contributed by atoms with Crippen LogP contribution in [0.1, 0.15) is 27.7 Å². The molecule has 0 aliphatic carbocycles. The molecule has 0 spiro atoms. The smallest absolute Gasteiger partial charge is 0.313 e. The van der Waals surface area contributed by atoms with Crippen LogP contribution < -0.4 is 0 Å². The summed E-state index contributed by atoms with van der Waals surface area (Å²) in [6.07, 6.45) is 0. The normalized spacial score (nSPS) is 12.8. The van der Waals surface area contributed by atoms with E-state index in [2.05, 4.69) is 6.92 Å². The van der Waals surface area contributed by atoms with Gasteiger partial charge in [-0.1, -0.05) is 13.8 Å². The van der Waals surface area contributed by atoms with Crippen LogP contribution in [0, 0.1) is 17.8 Å². The molecule has 1 radical (unpaired) electrons. The van der Waals surface area contributed by atoms with Crippen LogP contribution in [0.15, 0.2) is 0 Å². The molecule has 3 nitrogen and oxygen atoms in total. The topological polar surface area (TPSA) is 46.5 Å². The van der Waals surface area contributed by atoms with Crippen molar-refractivity contribution in [3.8, 4) is 0 Å². The van der Waals surface area contributed by atoms with E-state index in [1.807, 2.05) is 13.8 Å². The first kappa shape index (κ1) is 12.4. The van der Waals surface area contributed by atoms with Crippen LogP contribution in [0.3, 0.4) is 0 Å². The molecule has 0 aliphatic rings. The molecule has 0 amide bonds. The van der Waals surface area contributed by atoms with Crippen molar-refractivity contribution in [2.24, 2.45) is 10.8 Å². The second kappa shape index (κ2) is 4.09. The van der Waals surface area contributed by atoms with E-state index in [0.29, 0.717) is 0 Å². The Kier molecular flexibility index (Phi) is 3.91. The van der Waals surface area contributed by atoms with E-state index in [0.717, 1.165) is 0 Å². The van der Waals surface area contributed by atoms with Gasteiger partial charge in [0.2, 0.25) is 0 Å². The molecule has 0 aliphatic heterocycles. The number of esters is 1. The molecule has 0 saturated heterocycles. The van der Waals surface area contributed by atoms with Gasteiger partial charge in [0.25, 0.3) is 0 Å². The zero-order chi connectivity index (χ0) is 10.7. The molecule has 0 atom stereocenters. The van der Waals surface area contributed by atoms with Crippen molar-refractivity contribution >= 4 is 5.97 Å². The maximum Gasteiger partial charge on any atom is 0.313 e. The van der Waals surface area contributed by atoms with E-state index >= 15 is 0 Å². The summed E-state index contributed by atoms with van der Waals surface area (Å²) in [4.78, 5) is 11.3. The van der Waals surface area contributed by atoms with Crippen LogP contribution in [0.4, 0.5) is 0 Å². The summed E-state index contributed by atoms with van der Waals surface area (Å²) in [5.74, 6) is -0.383. The van der Waals surface area contributed by atoms with Crippen LogP contribution in [-0.2, 0) is 9.53 Å². The number of aliphatic hydroxyl groups excluding tert-OH is 1. The quantitative estimate of drug-likeness (QED) is 0.677. The highest BCUT2D eigenvalue weighted by Gasteiger charge is 2.29. The second-order valence-electron chi connectivity index (χ2n) is 4.78. The van der Waals surface area contributed by atoms with Gasteiger partial charge in [-0.2, -0.15) is 0 Å². The van der Waals surface area contributed by atoms with E-state index in [4.69, 9.17) is 9.84 Å².